The number of nitrogens with two attached hydrogens (primary N) is 1. The van der Waals surface area contributed by atoms with Crippen molar-refractivity contribution in [1.82, 2.24) is 4.90 Å². The Morgan fingerprint density at radius 1 is 1.53 bits per heavy atom. The van der Waals surface area contributed by atoms with Gasteiger partial charge in [0.25, 0.3) is 0 Å². The van der Waals surface area contributed by atoms with E-state index in [1.807, 2.05) is 12.1 Å². The summed E-state index contributed by atoms with van der Waals surface area (Å²) in [6, 6.07) is 6.18. The van der Waals surface area contributed by atoms with Gasteiger partial charge in [-0.3, -0.25) is 0 Å². The Labute approximate surface area is 121 Å². The lowest BCUT2D eigenvalue weighted by atomic mass is 9.98. The van der Waals surface area contributed by atoms with Gasteiger partial charge in [0.15, 0.2) is 0 Å². The summed E-state index contributed by atoms with van der Waals surface area (Å²) in [6.07, 6.45) is 2.59. The van der Waals surface area contributed by atoms with Crippen molar-refractivity contribution in [3.63, 3.8) is 0 Å². The van der Waals surface area contributed by atoms with Crippen LogP contribution in [-0.4, -0.2) is 36.6 Å². The predicted octanol–water partition coefficient (Wildman–Crippen LogP) is 2.38. The first-order valence-electron chi connectivity index (χ1n) is 6.89. The highest BCUT2D eigenvalue weighted by Gasteiger charge is 2.17. The van der Waals surface area contributed by atoms with Gasteiger partial charge in [0.1, 0.15) is 4.99 Å². The van der Waals surface area contributed by atoms with Crippen molar-refractivity contribution in [2.45, 2.75) is 19.8 Å². The molecule has 1 aromatic carbocycles. The third-order valence-electron chi connectivity index (χ3n) is 3.74. The number of nitrogens with one attached hydrogen (secondary N) is 1. The highest BCUT2D eigenvalue weighted by atomic mass is 32.1. The van der Waals surface area contributed by atoms with E-state index in [0.717, 1.165) is 17.8 Å². The van der Waals surface area contributed by atoms with Crippen molar-refractivity contribution in [2.24, 2.45) is 11.7 Å². The molecule has 3 N–H and O–H groups in total. The minimum absolute atomic E-state index is 0.461. The van der Waals surface area contributed by atoms with Crippen LogP contribution in [0.5, 0.6) is 0 Å². The summed E-state index contributed by atoms with van der Waals surface area (Å²) in [7, 11) is 2.19. The molecule has 104 valence electrons. The Morgan fingerprint density at radius 2 is 2.32 bits per heavy atom. The molecule has 1 atom stereocenters. The Bertz CT molecular complexity index is 459. The summed E-state index contributed by atoms with van der Waals surface area (Å²) in [4.78, 5) is 2.86. The first kappa shape index (κ1) is 14.3. The zero-order chi connectivity index (χ0) is 13.8. The van der Waals surface area contributed by atoms with Crippen LogP contribution in [0, 0.1) is 12.8 Å². The average molecular weight is 277 g/mol. The third kappa shape index (κ3) is 3.91. The topological polar surface area (TPSA) is 41.3 Å². The number of aryl methyl sites for hydroxylation is 1. The molecule has 1 saturated heterocycles. The van der Waals surface area contributed by atoms with E-state index in [2.05, 4.69) is 30.3 Å². The van der Waals surface area contributed by atoms with Gasteiger partial charge < -0.3 is 16.0 Å². The van der Waals surface area contributed by atoms with Crippen molar-refractivity contribution in [2.75, 3.05) is 32.0 Å². The summed E-state index contributed by atoms with van der Waals surface area (Å²) in [5.41, 5.74) is 9.02. The van der Waals surface area contributed by atoms with E-state index >= 15 is 0 Å². The molecule has 1 fully saturated rings. The quantitative estimate of drug-likeness (QED) is 0.829. The zero-order valence-electron chi connectivity index (χ0n) is 11.8. The molecule has 0 amide bonds. The molecule has 0 spiro atoms. The third-order valence-corrected chi connectivity index (χ3v) is 3.96. The molecule has 0 saturated carbocycles. The number of thiocarbonyl (C=S) groups is 1. The SMILES string of the molecule is Cc1ccc(C(N)=S)c(NCC2CCCN(C)C2)c1. The second-order valence-corrected chi connectivity index (χ2v) is 6.00. The number of piperidine rings is 1. The molecule has 0 aliphatic carbocycles. The minimum Gasteiger partial charge on any atom is -0.389 e. The van der Waals surface area contributed by atoms with Gasteiger partial charge in [-0.2, -0.15) is 0 Å². The predicted molar refractivity (Wildman–Crippen MR) is 85.8 cm³/mol. The summed E-state index contributed by atoms with van der Waals surface area (Å²) >= 11 is 5.11. The van der Waals surface area contributed by atoms with Crippen LogP contribution in [0.3, 0.4) is 0 Å². The maximum Gasteiger partial charge on any atom is 0.106 e. The number of likely N-dealkylation sites (tertiary alicyclic amines) is 1. The van der Waals surface area contributed by atoms with Crippen LogP contribution in [0.1, 0.15) is 24.0 Å². The molecule has 1 unspecified atom stereocenters. The van der Waals surface area contributed by atoms with E-state index < -0.39 is 0 Å². The Kier molecular flexibility index (Phi) is 4.77. The van der Waals surface area contributed by atoms with E-state index in [9.17, 15) is 0 Å². The highest BCUT2D eigenvalue weighted by molar-refractivity contribution is 7.80. The van der Waals surface area contributed by atoms with Gasteiger partial charge in [0, 0.05) is 24.3 Å². The van der Waals surface area contributed by atoms with E-state index in [4.69, 9.17) is 18.0 Å². The molecular weight excluding hydrogens is 254 g/mol. The van der Waals surface area contributed by atoms with Gasteiger partial charge in [0.05, 0.1) is 0 Å². The maximum atomic E-state index is 5.78. The number of nitrogens with zero attached hydrogens (tertiary/aromatic N) is 1. The van der Waals surface area contributed by atoms with Crippen LogP contribution in [-0.2, 0) is 0 Å². The molecule has 1 aliphatic rings. The summed E-state index contributed by atoms with van der Waals surface area (Å²) in [5.74, 6) is 0.707. The maximum absolute atomic E-state index is 5.78. The summed E-state index contributed by atoms with van der Waals surface area (Å²) in [5, 5.41) is 3.53. The number of rotatable bonds is 4. The number of hydrogen-bond acceptors (Lipinski definition) is 3. The first-order valence-corrected chi connectivity index (χ1v) is 7.30. The zero-order valence-corrected chi connectivity index (χ0v) is 12.6. The van der Waals surface area contributed by atoms with Gasteiger partial charge in [-0.05, 0) is 57.0 Å². The highest BCUT2D eigenvalue weighted by Crippen LogP contribution is 2.20. The van der Waals surface area contributed by atoms with Crippen LogP contribution in [0.25, 0.3) is 0 Å². The largest absolute Gasteiger partial charge is 0.389 e. The monoisotopic (exact) mass is 277 g/mol. The molecule has 1 aliphatic heterocycles. The van der Waals surface area contributed by atoms with Crippen molar-refractivity contribution in [1.29, 1.82) is 0 Å². The lowest BCUT2D eigenvalue weighted by Crippen LogP contribution is -2.35. The standard InChI is InChI=1S/C15H23N3S/c1-11-5-6-13(15(16)19)14(8-11)17-9-12-4-3-7-18(2)10-12/h5-6,8,12,17H,3-4,7,9-10H2,1-2H3,(H2,16,19). The van der Waals surface area contributed by atoms with Gasteiger partial charge in [0.2, 0.25) is 0 Å². The number of hydrogen-bond donors (Lipinski definition) is 2. The van der Waals surface area contributed by atoms with Crippen LogP contribution < -0.4 is 11.1 Å². The van der Waals surface area contributed by atoms with E-state index in [0.29, 0.717) is 10.9 Å². The van der Waals surface area contributed by atoms with E-state index in [1.165, 1.54) is 31.5 Å². The molecular formula is C15H23N3S. The number of anilines is 1. The molecule has 0 aromatic heterocycles. The minimum atomic E-state index is 0.461. The lowest BCUT2D eigenvalue weighted by Gasteiger charge is -2.30. The molecule has 3 nitrogen and oxygen atoms in total. The summed E-state index contributed by atoms with van der Waals surface area (Å²) < 4.78 is 0. The van der Waals surface area contributed by atoms with Crippen LogP contribution in [0.4, 0.5) is 5.69 Å². The molecule has 0 radical (unpaired) electrons. The summed E-state index contributed by atoms with van der Waals surface area (Å²) in [6.45, 7) is 5.46. The second kappa shape index (κ2) is 6.35. The Morgan fingerprint density at radius 3 is 3.00 bits per heavy atom. The molecule has 1 aromatic rings. The fraction of sp³-hybridized carbons (Fsp3) is 0.533. The van der Waals surface area contributed by atoms with Crippen LogP contribution in [0.15, 0.2) is 18.2 Å². The molecule has 4 heteroatoms. The molecule has 2 rings (SSSR count). The first-order chi connectivity index (χ1) is 9.06. The van der Waals surface area contributed by atoms with Crippen molar-refractivity contribution < 1.29 is 0 Å². The van der Waals surface area contributed by atoms with E-state index in [-0.39, 0.29) is 0 Å². The molecule has 1 heterocycles. The van der Waals surface area contributed by atoms with E-state index in [1.54, 1.807) is 0 Å². The normalized spacial score (nSPS) is 20.2. The lowest BCUT2D eigenvalue weighted by molar-refractivity contribution is 0.217. The fourth-order valence-corrected chi connectivity index (χ4v) is 2.89. The van der Waals surface area contributed by atoms with Crippen molar-refractivity contribution in [3.8, 4) is 0 Å². The van der Waals surface area contributed by atoms with Gasteiger partial charge in [-0.25, -0.2) is 0 Å². The van der Waals surface area contributed by atoms with Gasteiger partial charge >= 0.3 is 0 Å². The van der Waals surface area contributed by atoms with Gasteiger partial charge in [-0.1, -0.05) is 18.3 Å². The Balaban J connectivity index is 2.02. The second-order valence-electron chi connectivity index (χ2n) is 5.56. The fourth-order valence-electron chi connectivity index (χ4n) is 2.71. The smallest absolute Gasteiger partial charge is 0.106 e. The molecule has 0 bridgehead atoms. The van der Waals surface area contributed by atoms with Crippen LogP contribution >= 0.6 is 12.2 Å². The van der Waals surface area contributed by atoms with Crippen LogP contribution in [0.2, 0.25) is 0 Å². The van der Waals surface area contributed by atoms with Gasteiger partial charge in [-0.15, -0.1) is 0 Å². The van der Waals surface area contributed by atoms with Crippen molar-refractivity contribution >= 4 is 22.9 Å². The molecule has 19 heavy (non-hydrogen) atoms. The average Bonchev–Trinajstić information content (AvgIpc) is 2.36. The Hall–Kier alpha value is -1.13. The number of benzene rings is 1. The van der Waals surface area contributed by atoms with Crippen molar-refractivity contribution in [3.05, 3.63) is 29.3 Å².